The Labute approximate surface area is 118 Å². The molecule has 106 valence electrons. The second kappa shape index (κ2) is 6.41. The van der Waals surface area contributed by atoms with Gasteiger partial charge in [0.1, 0.15) is 6.33 Å². The third-order valence-electron chi connectivity index (χ3n) is 3.76. The Balaban J connectivity index is 1.87. The lowest BCUT2D eigenvalue weighted by Gasteiger charge is -2.30. The quantitative estimate of drug-likeness (QED) is 0.858. The largest absolute Gasteiger partial charge is 0.352 e. The molecular formula is C13H22N4OS. The lowest BCUT2D eigenvalue weighted by molar-refractivity contribution is -0.121. The van der Waals surface area contributed by atoms with Crippen LogP contribution in [0.4, 0.5) is 0 Å². The molecule has 0 aromatic carbocycles. The van der Waals surface area contributed by atoms with Gasteiger partial charge >= 0.3 is 0 Å². The van der Waals surface area contributed by atoms with Gasteiger partial charge in [0.25, 0.3) is 0 Å². The van der Waals surface area contributed by atoms with E-state index < -0.39 is 0 Å². The highest BCUT2D eigenvalue weighted by atomic mass is 32.2. The summed E-state index contributed by atoms with van der Waals surface area (Å²) in [5.74, 6) is 0.691. The molecule has 1 N–H and O–H groups in total. The fourth-order valence-corrected chi connectivity index (χ4v) is 3.22. The van der Waals surface area contributed by atoms with Crippen molar-refractivity contribution < 1.29 is 4.79 Å². The molecule has 1 aromatic rings. The van der Waals surface area contributed by atoms with E-state index in [1.54, 1.807) is 6.33 Å². The summed E-state index contributed by atoms with van der Waals surface area (Å²) in [5.41, 5.74) is 0. The normalized spacial score (nSPS) is 25.0. The van der Waals surface area contributed by atoms with Crippen molar-refractivity contribution in [1.29, 1.82) is 0 Å². The molecule has 1 aromatic heterocycles. The van der Waals surface area contributed by atoms with E-state index >= 15 is 0 Å². The highest BCUT2D eigenvalue weighted by molar-refractivity contribution is 8.00. The van der Waals surface area contributed by atoms with Crippen LogP contribution in [0.1, 0.15) is 39.5 Å². The molecule has 3 atom stereocenters. The predicted molar refractivity (Wildman–Crippen MR) is 75.9 cm³/mol. The maximum Gasteiger partial charge on any atom is 0.233 e. The second-order valence-electron chi connectivity index (χ2n) is 5.36. The van der Waals surface area contributed by atoms with Crippen LogP contribution in [-0.4, -0.2) is 32.0 Å². The molecule has 2 rings (SSSR count). The molecule has 19 heavy (non-hydrogen) atoms. The molecule has 0 saturated heterocycles. The maximum atomic E-state index is 12.2. The SMILES string of the molecule is C[C@@H](Sc1nncn1C)C(=O)N[C@@H]1CCCC[C@@H]1C. The van der Waals surface area contributed by atoms with Crippen LogP contribution < -0.4 is 5.32 Å². The summed E-state index contributed by atoms with van der Waals surface area (Å²) >= 11 is 1.45. The summed E-state index contributed by atoms with van der Waals surface area (Å²) < 4.78 is 1.83. The van der Waals surface area contributed by atoms with Gasteiger partial charge in [-0.2, -0.15) is 0 Å². The minimum absolute atomic E-state index is 0.103. The molecule has 0 bridgehead atoms. The molecule has 6 heteroatoms. The van der Waals surface area contributed by atoms with Gasteiger partial charge in [0.2, 0.25) is 5.91 Å². The summed E-state index contributed by atoms with van der Waals surface area (Å²) in [6.07, 6.45) is 6.48. The Morgan fingerprint density at radius 2 is 2.26 bits per heavy atom. The topological polar surface area (TPSA) is 59.8 Å². The van der Waals surface area contributed by atoms with Crippen LogP contribution in [0, 0.1) is 5.92 Å². The number of hydrogen-bond donors (Lipinski definition) is 1. The van der Waals surface area contributed by atoms with Crippen molar-refractivity contribution >= 4 is 17.7 Å². The molecule has 1 aliphatic carbocycles. The zero-order valence-corrected chi connectivity index (χ0v) is 12.6. The standard InChI is InChI=1S/C13H22N4OS/c1-9-6-4-5-7-11(9)15-12(18)10(2)19-13-16-14-8-17(13)3/h8-11H,4-7H2,1-3H3,(H,15,18)/t9-,10+,11+/m0/s1. The van der Waals surface area contributed by atoms with E-state index in [1.807, 2.05) is 18.5 Å². The van der Waals surface area contributed by atoms with Crippen LogP contribution in [-0.2, 0) is 11.8 Å². The summed E-state index contributed by atoms with van der Waals surface area (Å²) in [4.78, 5) is 12.2. The van der Waals surface area contributed by atoms with Gasteiger partial charge in [0.05, 0.1) is 5.25 Å². The van der Waals surface area contributed by atoms with Gasteiger partial charge in [-0.3, -0.25) is 4.79 Å². The summed E-state index contributed by atoms with van der Waals surface area (Å²) in [7, 11) is 1.89. The number of carbonyl (C=O) groups is 1. The number of thioether (sulfide) groups is 1. The van der Waals surface area contributed by atoms with Gasteiger partial charge in [-0.05, 0) is 25.7 Å². The van der Waals surface area contributed by atoms with Gasteiger partial charge in [0.15, 0.2) is 5.16 Å². The molecule has 1 aliphatic rings. The van der Waals surface area contributed by atoms with Crippen LogP contribution in [0.25, 0.3) is 0 Å². The monoisotopic (exact) mass is 282 g/mol. The lowest BCUT2D eigenvalue weighted by atomic mass is 9.86. The second-order valence-corrected chi connectivity index (χ2v) is 6.67. The van der Waals surface area contributed by atoms with E-state index in [0.29, 0.717) is 12.0 Å². The first-order valence-corrected chi connectivity index (χ1v) is 7.77. The number of aryl methyl sites for hydroxylation is 1. The van der Waals surface area contributed by atoms with Crippen molar-refractivity contribution in [3.8, 4) is 0 Å². The molecule has 0 spiro atoms. The van der Waals surface area contributed by atoms with E-state index in [-0.39, 0.29) is 11.2 Å². The highest BCUT2D eigenvalue weighted by Gasteiger charge is 2.25. The molecule has 0 aliphatic heterocycles. The number of hydrogen-bond acceptors (Lipinski definition) is 4. The minimum atomic E-state index is -0.142. The average molecular weight is 282 g/mol. The minimum Gasteiger partial charge on any atom is -0.352 e. The van der Waals surface area contributed by atoms with Crippen molar-refractivity contribution in [3.05, 3.63) is 6.33 Å². The lowest BCUT2D eigenvalue weighted by Crippen LogP contribution is -2.44. The smallest absolute Gasteiger partial charge is 0.233 e. The summed E-state index contributed by atoms with van der Waals surface area (Å²) in [6, 6.07) is 0.337. The van der Waals surface area contributed by atoms with Crippen LogP contribution in [0.2, 0.25) is 0 Å². The van der Waals surface area contributed by atoms with Gasteiger partial charge < -0.3 is 9.88 Å². The van der Waals surface area contributed by atoms with Gasteiger partial charge in [-0.25, -0.2) is 0 Å². The Morgan fingerprint density at radius 1 is 1.53 bits per heavy atom. The van der Waals surface area contributed by atoms with Crippen molar-refractivity contribution in [2.75, 3.05) is 0 Å². The molecule has 0 radical (unpaired) electrons. The summed E-state index contributed by atoms with van der Waals surface area (Å²) in [6.45, 7) is 4.15. The number of rotatable bonds is 4. The number of nitrogens with zero attached hydrogens (tertiary/aromatic N) is 3. The molecule has 5 nitrogen and oxygen atoms in total. The zero-order chi connectivity index (χ0) is 13.8. The van der Waals surface area contributed by atoms with Crippen molar-refractivity contribution in [2.45, 2.75) is 56.0 Å². The molecular weight excluding hydrogens is 260 g/mol. The van der Waals surface area contributed by atoms with E-state index in [9.17, 15) is 4.79 Å². The Morgan fingerprint density at radius 3 is 2.89 bits per heavy atom. The highest BCUT2D eigenvalue weighted by Crippen LogP contribution is 2.25. The van der Waals surface area contributed by atoms with Crippen LogP contribution in [0.5, 0.6) is 0 Å². The molecule has 1 saturated carbocycles. The Bertz CT molecular complexity index is 434. The third-order valence-corrected chi connectivity index (χ3v) is 4.91. The van der Waals surface area contributed by atoms with Crippen LogP contribution >= 0.6 is 11.8 Å². The Kier molecular flexibility index (Phi) is 4.85. The maximum absolute atomic E-state index is 12.2. The van der Waals surface area contributed by atoms with E-state index in [1.165, 1.54) is 31.0 Å². The van der Waals surface area contributed by atoms with E-state index in [2.05, 4.69) is 22.4 Å². The molecule has 1 heterocycles. The average Bonchev–Trinajstić information content (AvgIpc) is 2.78. The predicted octanol–water partition coefficient (Wildman–Crippen LogP) is 1.99. The summed E-state index contributed by atoms with van der Waals surface area (Å²) in [5, 5.41) is 11.6. The van der Waals surface area contributed by atoms with E-state index in [4.69, 9.17) is 0 Å². The van der Waals surface area contributed by atoms with Crippen molar-refractivity contribution in [1.82, 2.24) is 20.1 Å². The van der Waals surface area contributed by atoms with Crippen LogP contribution in [0.3, 0.4) is 0 Å². The van der Waals surface area contributed by atoms with Gasteiger partial charge in [-0.15, -0.1) is 10.2 Å². The van der Waals surface area contributed by atoms with Crippen molar-refractivity contribution in [3.63, 3.8) is 0 Å². The number of carbonyl (C=O) groups excluding carboxylic acids is 1. The van der Waals surface area contributed by atoms with Gasteiger partial charge in [0, 0.05) is 13.1 Å². The van der Waals surface area contributed by atoms with Crippen LogP contribution in [0.15, 0.2) is 11.5 Å². The fourth-order valence-electron chi connectivity index (χ4n) is 2.42. The first-order valence-electron chi connectivity index (χ1n) is 6.89. The molecule has 0 unspecified atom stereocenters. The molecule has 1 amide bonds. The molecule has 1 fully saturated rings. The van der Waals surface area contributed by atoms with Gasteiger partial charge in [-0.1, -0.05) is 31.5 Å². The zero-order valence-electron chi connectivity index (χ0n) is 11.8. The number of aromatic nitrogens is 3. The first-order chi connectivity index (χ1) is 9.08. The van der Waals surface area contributed by atoms with E-state index in [0.717, 1.165) is 11.6 Å². The number of nitrogens with one attached hydrogen (secondary N) is 1. The fraction of sp³-hybridized carbons (Fsp3) is 0.769. The third kappa shape index (κ3) is 3.72. The van der Waals surface area contributed by atoms with Crippen molar-refractivity contribution in [2.24, 2.45) is 13.0 Å². The first kappa shape index (κ1) is 14.4. The Hall–Kier alpha value is -1.04. The number of amides is 1.